The Morgan fingerprint density at radius 2 is 1.67 bits per heavy atom. The molecule has 1 heterocycles. The fourth-order valence-electron chi connectivity index (χ4n) is 3.42. The molecule has 0 aliphatic heterocycles. The van der Waals surface area contributed by atoms with E-state index >= 15 is 0 Å². The predicted molar refractivity (Wildman–Crippen MR) is 140 cm³/mol. The molecule has 0 radical (unpaired) electrons. The molecule has 180 valence electrons. The van der Waals surface area contributed by atoms with Crippen LogP contribution >= 0.6 is 23.7 Å². The second kappa shape index (κ2) is 11.4. The Bertz CT molecular complexity index is 1210. The van der Waals surface area contributed by atoms with E-state index in [1.54, 1.807) is 29.2 Å². The lowest BCUT2D eigenvalue weighted by Gasteiger charge is -2.21. The molecule has 0 N–H and O–H groups in total. The molecular weight excluding hydrogens is 478 g/mol. The Kier molecular flexibility index (Phi) is 9.43. The van der Waals surface area contributed by atoms with Gasteiger partial charge in [-0.15, -0.1) is 12.4 Å². The minimum atomic E-state index is -3.53. The maximum Gasteiger partial charge on any atom is 0.229 e. The van der Waals surface area contributed by atoms with Gasteiger partial charge in [-0.3, -0.25) is 9.69 Å². The van der Waals surface area contributed by atoms with Crippen molar-refractivity contribution in [1.82, 2.24) is 9.88 Å². The van der Waals surface area contributed by atoms with Crippen molar-refractivity contribution in [2.75, 3.05) is 37.8 Å². The molecule has 0 spiro atoms. The van der Waals surface area contributed by atoms with E-state index in [0.717, 1.165) is 39.9 Å². The summed E-state index contributed by atoms with van der Waals surface area (Å²) in [5, 5.41) is 0.630. The Hall–Kier alpha value is -2.00. The number of rotatable bonds is 9. The molecule has 0 saturated heterocycles. The van der Waals surface area contributed by atoms with Gasteiger partial charge in [0.05, 0.1) is 20.9 Å². The Morgan fingerprint density at radius 3 is 2.30 bits per heavy atom. The number of halogens is 1. The van der Waals surface area contributed by atoms with Gasteiger partial charge in [0.1, 0.15) is 0 Å². The van der Waals surface area contributed by atoms with Gasteiger partial charge in [0.2, 0.25) is 5.91 Å². The molecule has 1 amide bonds. The summed E-state index contributed by atoms with van der Waals surface area (Å²) in [4.78, 5) is 21.9. The molecular formula is C24H32ClN3O3S2. The van der Waals surface area contributed by atoms with Crippen molar-refractivity contribution in [3.05, 3.63) is 53.1 Å². The smallest absolute Gasteiger partial charge is 0.229 e. The van der Waals surface area contributed by atoms with Gasteiger partial charge in [-0.2, -0.15) is 0 Å². The van der Waals surface area contributed by atoms with Crippen molar-refractivity contribution in [2.45, 2.75) is 38.5 Å². The van der Waals surface area contributed by atoms with Crippen LogP contribution in [0.1, 0.15) is 29.5 Å². The number of carbonyl (C=O) groups is 1. The number of hydrogen-bond donors (Lipinski definition) is 0. The quantitative estimate of drug-likeness (QED) is 0.414. The van der Waals surface area contributed by atoms with Crippen molar-refractivity contribution in [3.8, 4) is 0 Å². The molecule has 0 atom stereocenters. The average Bonchev–Trinajstić information content (AvgIpc) is 3.17. The first kappa shape index (κ1) is 27.2. The Labute approximate surface area is 207 Å². The van der Waals surface area contributed by atoms with E-state index in [1.807, 2.05) is 40.9 Å². The molecule has 3 rings (SSSR count). The number of hydrogen-bond acceptors (Lipinski definition) is 6. The highest BCUT2D eigenvalue weighted by atomic mass is 35.5. The summed E-state index contributed by atoms with van der Waals surface area (Å²) in [6.07, 6.45) is 0.698. The predicted octanol–water partition coefficient (Wildman–Crippen LogP) is 4.79. The molecule has 0 aliphatic rings. The minimum Gasteiger partial charge on any atom is -0.309 e. The summed E-state index contributed by atoms with van der Waals surface area (Å²) in [6, 6.07) is 10.8. The normalized spacial score (nSPS) is 11.6. The van der Waals surface area contributed by atoms with Gasteiger partial charge in [0, 0.05) is 13.0 Å². The third-order valence-corrected chi connectivity index (χ3v) is 8.33. The van der Waals surface area contributed by atoms with Crippen LogP contribution in [-0.2, 0) is 14.6 Å². The fraction of sp³-hybridized carbons (Fsp3) is 0.417. The second-order valence-electron chi connectivity index (χ2n) is 8.43. The number of sulfone groups is 1. The van der Waals surface area contributed by atoms with Crippen LogP contribution < -0.4 is 4.90 Å². The highest BCUT2D eigenvalue weighted by molar-refractivity contribution is 7.91. The largest absolute Gasteiger partial charge is 0.309 e. The van der Waals surface area contributed by atoms with Crippen molar-refractivity contribution in [1.29, 1.82) is 0 Å². The first-order valence-corrected chi connectivity index (χ1v) is 13.2. The fourth-order valence-corrected chi connectivity index (χ4v) is 5.72. The summed E-state index contributed by atoms with van der Waals surface area (Å²) in [7, 11) is 0.449. The number of carbonyl (C=O) groups excluding carboxylic acids is 1. The number of aromatic nitrogens is 1. The van der Waals surface area contributed by atoms with E-state index in [-0.39, 0.29) is 35.4 Å². The van der Waals surface area contributed by atoms with Gasteiger partial charge in [0.25, 0.3) is 0 Å². The van der Waals surface area contributed by atoms with Crippen LogP contribution in [0.25, 0.3) is 10.2 Å². The lowest BCUT2D eigenvalue weighted by molar-refractivity contribution is -0.118. The zero-order valence-electron chi connectivity index (χ0n) is 19.8. The average molecular weight is 510 g/mol. The third-order valence-electron chi connectivity index (χ3n) is 5.56. The zero-order chi connectivity index (χ0) is 23.5. The lowest BCUT2D eigenvalue weighted by Crippen LogP contribution is -2.34. The Balaban J connectivity index is 0.00000385. The molecule has 1 aromatic heterocycles. The SMILES string of the molecule is Cc1ccc(S(=O)(=O)CCC(=O)N(CCCN(C)C)c2nc3c(C)c(C)ccc3s2)cc1.Cl. The number of nitrogens with zero attached hydrogens (tertiary/aromatic N) is 3. The summed E-state index contributed by atoms with van der Waals surface area (Å²) in [5.41, 5.74) is 4.16. The van der Waals surface area contributed by atoms with Gasteiger partial charge in [-0.1, -0.05) is 35.1 Å². The van der Waals surface area contributed by atoms with Crippen LogP contribution in [-0.4, -0.2) is 57.1 Å². The van der Waals surface area contributed by atoms with Gasteiger partial charge >= 0.3 is 0 Å². The molecule has 0 bridgehead atoms. The van der Waals surface area contributed by atoms with Gasteiger partial charge in [-0.25, -0.2) is 13.4 Å². The van der Waals surface area contributed by atoms with Gasteiger partial charge in [0.15, 0.2) is 15.0 Å². The first-order valence-electron chi connectivity index (χ1n) is 10.7. The molecule has 33 heavy (non-hydrogen) atoms. The number of benzene rings is 2. The zero-order valence-corrected chi connectivity index (χ0v) is 22.2. The molecule has 6 nitrogen and oxygen atoms in total. The molecule has 0 aliphatic carbocycles. The van der Waals surface area contributed by atoms with Crippen molar-refractivity contribution in [2.24, 2.45) is 0 Å². The van der Waals surface area contributed by atoms with E-state index in [1.165, 1.54) is 11.3 Å². The molecule has 2 aromatic carbocycles. The molecule has 9 heteroatoms. The third kappa shape index (κ3) is 6.76. The van der Waals surface area contributed by atoms with Gasteiger partial charge < -0.3 is 4.90 Å². The van der Waals surface area contributed by atoms with Crippen molar-refractivity contribution < 1.29 is 13.2 Å². The monoisotopic (exact) mass is 509 g/mol. The van der Waals surface area contributed by atoms with Crippen LogP contribution in [0.3, 0.4) is 0 Å². The highest BCUT2D eigenvalue weighted by Gasteiger charge is 2.23. The number of aryl methyl sites for hydroxylation is 3. The van der Waals surface area contributed by atoms with Crippen molar-refractivity contribution >= 4 is 54.8 Å². The second-order valence-corrected chi connectivity index (χ2v) is 11.6. The molecule has 0 unspecified atom stereocenters. The van der Waals surface area contributed by atoms with Crippen LogP contribution in [0.15, 0.2) is 41.3 Å². The maximum absolute atomic E-state index is 13.2. The standard InChI is InChI=1S/C24H31N3O3S2.ClH/c1-17-7-10-20(11-8-17)32(29,30)16-13-22(28)27(15-6-14-26(4)5)24-25-23-19(3)18(2)9-12-21(23)31-24;/h7-12H,6,13-16H2,1-5H3;1H. The van der Waals surface area contributed by atoms with E-state index in [2.05, 4.69) is 11.0 Å². The summed E-state index contributed by atoms with van der Waals surface area (Å²) < 4.78 is 26.5. The summed E-state index contributed by atoms with van der Waals surface area (Å²) in [6.45, 7) is 7.32. The number of thiazole rings is 1. The highest BCUT2D eigenvalue weighted by Crippen LogP contribution is 2.32. The Morgan fingerprint density at radius 1 is 1.00 bits per heavy atom. The molecule has 3 aromatic rings. The van der Waals surface area contributed by atoms with E-state index in [9.17, 15) is 13.2 Å². The van der Waals surface area contributed by atoms with E-state index in [4.69, 9.17) is 4.98 Å². The molecule has 0 saturated carbocycles. The summed E-state index contributed by atoms with van der Waals surface area (Å²) >= 11 is 1.48. The molecule has 0 fully saturated rings. The van der Waals surface area contributed by atoms with Crippen LogP contribution in [0.5, 0.6) is 0 Å². The van der Waals surface area contributed by atoms with Crippen LogP contribution in [0, 0.1) is 20.8 Å². The minimum absolute atomic E-state index is 0. The first-order chi connectivity index (χ1) is 15.1. The maximum atomic E-state index is 13.2. The number of fused-ring (bicyclic) bond motifs is 1. The van der Waals surface area contributed by atoms with Crippen molar-refractivity contribution in [3.63, 3.8) is 0 Å². The number of anilines is 1. The number of amides is 1. The van der Waals surface area contributed by atoms with Crippen LogP contribution in [0.2, 0.25) is 0 Å². The van der Waals surface area contributed by atoms with E-state index in [0.29, 0.717) is 11.7 Å². The van der Waals surface area contributed by atoms with Gasteiger partial charge in [-0.05, 0) is 77.2 Å². The van der Waals surface area contributed by atoms with Crippen LogP contribution in [0.4, 0.5) is 5.13 Å². The topological polar surface area (TPSA) is 70.6 Å². The lowest BCUT2D eigenvalue weighted by atomic mass is 10.1. The van der Waals surface area contributed by atoms with E-state index < -0.39 is 9.84 Å². The summed E-state index contributed by atoms with van der Waals surface area (Å²) in [5.74, 6) is -0.435.